The molecule has 2 heterocycles. The second-order valence-corrected chi connectivity index (χ2v) is 7.12. The molecule has 1 aliphatic heterocycles. The number of nitrogens with one attached hydrogen (secondary N) is 2. The van der Waals surface area contributed by atoms with Gasteiger partial charge in [0.2, 0.25) is 0 Å². The summed E-state index contributed by atoms with van der Waals surface area (Å²) in [6.45, 7) is 4.36. The van der Waals surface area contributed by atoms with E-state index in [-0.39, 0.29) is 10.9 Å². The predicted molar refractivity (Wildman–Crippen MR) is 71.3 cm³/mol. The molecule has 0 unspecified atom stereocenters. The highest BCUT2D eigenvalue weighted by atomic mass is 32.2. The van der Waals surface area contributed by atoms with Gasteiger partial charge in [-0.25, -0.2) is 13.4 Å². The van der Waals surface area contributed by atoms with Crippen LogP contribution in [0, 0.1) is 17.7 Å². The first-order valence-corrected chi connectivity index (χ1v) is 7.56. The van der Waals surface area contributed by atoms with Crippen molar-refractivity contribution in [3.05, 3.63) is 12.0 Å². The fourth-order valence-corrected chi connectivity index (χ4v) is 3.56. The van der Waals surface area contributed by atoms with E-state index >= 15 is 0 Å². The minimum atomic E-state index is -3.51. The van der Waals surface area contributed by atoms with Gasteiger partial charge in [-0.2, -0.15) is 4.31 Å². The van der Waals surface area contributed by atoms with E-state index in [0.29, 0.717) is 31.8 Å². The Bertz CT molecular complexity index is 584. The molecule has 4 N–H and O–H groups in total. The molecular weight excluding hydrogens is 266 g/mol. The van der Waals surface area contributed by atoms with Crippen molar-refractivity contribution in [1.29, 1.82) is 5.41 Å². The first-order valence-electron chi connectivity index (χ1n) is 6.12. The quantitative estimate of drug-likeness (QED) is 0.552. The van der Waals surface area contributed by atoms with Gasteiger partial charge in [0, 0.05) is 18.5 Å². The fraction of sp³-hybridized carbons (Fsp3) is 0.636. The van der Waals surface area contributed by atoms with Crippen LogP contribution in [0.15, 0.2) is 11.2 Å². The van der Waals surface area contributed by atoms with E-state index in [1.807, 2.05) is 6.92 Å². The Morgan fingerprint density at radius 1 is 1.53 bits per heavy atom. The summed E-state index contributed by atoms with van der Waals surface area (Å²) in [5.74, 6) is 0.700. The number of piperidine rings is 1. The molecule has 106 valence electrons. The van der Waals surface area contributed by atoms with Crippen LogP contribution < -0.4 is 5.73 Å². The summed E-state index contributed by atoms with van der Waals surface area (Å²) < 4.78 is 26.1. The Labute approximate surface area is 112 Å². The molecule has 0 amide bonds. The summed E-state index contributed by atoms with van der Waals surface area (Å²) in [7, 11) is -3.51. The van der Waals surface area contributed by atoms with Crippen LogP contribution in [0.5, 0.6) is 0 Å². The van der Waals surface area contributed by atoms with Crippen molar-refractivity contribution < 1.29 is 8.42 Å². The van der Waals surface area contributed by atoms with E-state index in [9.17, 15) is 8.42 Å². The number of nitrogens with two attached hydrogens (primary N) is 1. The smallest absolute Gasteiger partial charge is 0.260 e. The van der Waals surface area contributed by atoms with Crippen LogP contribution >= 0.6 is 0 Å². The van der Waals surface area contributed by atoms with Crippen molar-refractivity contribution in [2.24, 2.45) is 11.1 Å². The molecule has 8 heteroatoms. The Balaban J connectivity index is 2.16. The SMILES string of the molecule is Cc1ncc(S(=O)(=O)N2CCC(C)(C(=N)N)CC2)[nH]1. The molecule has 1 fully saturated rings. The van der Waals surface area contributed by atoms with Gasteiger partial charge in [-0.1, -0.05) is 6.92 Å². The summed E-state index contributed by atoms with van der Waals surface area (Å²) in [6.07, 6.45) is 2.47. The maximum atomic E-state index is 12.4. The van der Waals surface area contributed by atoms with Crippen molar-refractivity contribution in [2.75, 3.05) is 13.1 Å². The minimum absolute atomic E-state index is 0.122. The number of aromatic amines is 1. The predicted octanol–water partition coefficient (Wildman–Crippen LogP) is 0.445. The lowest BCUT2D eigenvalue weighted by atomic mass is 9.80. The number of imidazole rings is 1. The molecule has 0 aromatic carbocycles. The van der Waals surface area contributed by atoms with Gasteiger partial charge >= 0.3 is 0 Å². The van der Waals surface area contributed by atoms with Crippen molar-refractivity contribution >= 4 is 15.9 Å². The zero-order valence-corrected chi connectivity index (χ0v) is 11.9. The van der Waals surface area contributed by atoms with Gasteiger partial charge in [0.25, 0.3) is 10.0 Å². The Hall–Kier alpha value is -1.41. The molecule has 1 saturated heterocycles. The number of hydrogen-bond donors (Lipinski definition) is 3. The number of aryl methyl sites for hydroxylation is 1. The third kappa shape index (κ3) is 2.50. The molecule has 2 rings (SSSR count). The van der Waals surface area contributed by atoms with Gasteiger partial charge in [0.05, 0.1) is 12.0 Å². The summed E-state index contributed by atoms with van der Waals surface area (Å²) in [5, 5.41) is 7.69. The highest BCUT2D eigenvalue weighted by molar-refractivity contribution is 7.89. The van der Waals surface area contributed by atoms with Crippen LogP contribution in [0.2, 0.25) is 0 Å². The average molecular weight is 285 g/mol. The van der Waals surface area contributed by atoms with Crippen LogP contribution in [0.4, 0.5) is 0 Å². The Morgan fingerprint density at radius 3 is 2.53 bits per heavy atom. The maximum absolute atomic E-state index is 12.4. The number of hydrogen-bond acceptors (Lipinski definition) is 4. The van der Waals surface area contributed by atoms with Crippen molar-refractivity contribution in [3.63, 3.8) is 0 Å². The number of sulfonamides is 1. The van der Waals surface area contributed by atoms with Gasteiger partial charge in [0.1, 0.15) is 5.82 Å². The molecule has 19 heavy (non-hydrogen) atoms. The van der Waals surface area contributed by atoms with Gasteiger partial charge in [0.15, 0.2) is 5.03 Å². The molecule has 0 aliphatic carbocycles. The van der Waals surface area contributed by atoms with E-state index in [0.717, 1.165) is 0 Å². The fourth-order valence-electron chi connectivity index (χ4n) is 2.16. The van der Waals surface area contributed by atoms with Crippen LogP contribution in [-0.2, 0) is 10.0 Å². The molecular formula is C11H19N5O2S. The maximum Gasteiger partial charge on any atom is 0.260 e. The van der Waals surface area contributed by atoms with Crippen LogP contribution in [-0.4, -0.2) is 41.6 Å². The van der Waals surface area contributed by atoms with E-state index in [4.69, 9.17) is 11.1 Å². The van der Waals surface area contributed by atoms with Crippen molar-refractivity contribution in [1.82, 2.24) is 14.3 Å². The van der Waals surface area contributed by atoms with Crippen LogP contribution in [0.1, 0.15) is 25.6 Å². The van der Waals surface area contributed by atoms with Gasteiger partial charge in [-0.3, -0.25) is 5.41 Å². The molecule has 1 aliphatic rings. The van der Waals surface area contributed by atoms with Crippen LogP contribution in [0.25, 0.3) is 0 Å². The molecule has 0 radical (unpaired) electrons. The summed E-state index contributed by atoms with van der Waals surface area (Å²) in [4.78, 5) is 6.67. The number of H-pyrrole nitrogens is 1. The largest absolute Gasteiger partial charge is 0.387 e. The highest BCUT2D eigenvalue weighted by Gasteiger charge is 2.37. The minimum Gasteiger partial charge on any atom is -0.387 e. The average Bonchev–Trinajstić information content (AvgIpc) is 2.77. The first kappa shape index (κ1) is 14.0. The number of rotatable bonds is 3. The molecule has 1 aromatic heterocycles. The normalized spacial score (nSPS) is 20.3. The van der Waals surface area contributed by atoms with Gasteiger partial charge in [-0.15, -0.1) is 0 Å². The first-order chi connectivity index (χ1) is 8.75. The van der Waals surface area contributed by atoms with Crippen molar-refractivity contribution in [2.45, 2.75) is 31.7 Å². The van der Waals surface area contributed by atoms with Gasteiger partial charge in [-0.05, 0) is 19.8 Å². The summed E-state index contributed by atoms with van der Waals surface area (Å²) in [5.41, 5.74) is 5.18. The van der Waals surface area contributed by atoms with E-state index in [1.54, 1.807) is 6.92 Å². The second kappa shape index (κ2) is 4.61. The lowest BCUT2D eigenvalue weighted by molar-refractivity contribution is 0.240. The monoisotopic (exact) mass is 285 g/mol. The number of amidine groups is 1. The third-order valence-electron chi connectivity index (χ3n) is 3.77. The van der Waals surface area contributed by atoms with Crippen molar-refractivity contribution in [3.8, 4) is 0 Å². The van der Waals surface area contributed by atoms with Gasteiger partial charge < -0.3 is 10.7 Å². The third-order valence-corrected chi connectivity index (χ3v) is 5.58. The van der Waals surface area contributed by atoms with E-state index < -0.39 is 15.4 Å². The number of aromatic nitrogens is 2. The van der Waals surface area contributed by atoms with E-state index in [1.165, 1.54) is 10.5 Å². The molecule has 0 atom stereocenters. The topological polar surface area (TPSA) is 116 Å². The lowest BCUT2D eigenvalue weighted by Gasteiger charge is -2.37. The Kier molecular flexibility index (Phi) is 3.40. The lowest BCUT2D eigenvalue weighted by Crippen LogP contribution is -2.47. The zero-order valence-electron chi connectivity index (χ0n) is 11.1. The van der Waals surface area contributed by atoms with E-state index in [2.05, 4.69) is 9.97 Å². The Morgan fingerprint density at radius 2 is 2.11 bits per heavy atom. The molecule has 0 bridgehead atoms. The number of nitrogens with zero attached hydrogens (tertiary/aromatic N) is 2. The summed E-state index contributed by atoms with van der Waals surface area (Å²) in [6, 6.07) is 0. The molecule has 0 spiro atoms. The standard InChI is InChI=1S/C11H19N5O2S/c1-8-14-7-9(15-8)19(17,18)16-5-3-11(2,4-6-16)10(12)13/h7H,3-6H2,1-2H3,(H3,12,13)(H,14,15). The van der Waals surface area contributed by atoms with Crippen LogP contribution in [0.3, 0.4) is 0 Å². The molecule has 0 saturated carbocycles. The molecule has 1 aromatic rings. The second-order valence-electron chi connectivity index (χ2n) is 5.21. The summed E-state index contributed by atoms with van der Waals surface area (Å²) >= 11 is 0. The zero-order chi connectivity index (χ0) is 14.3. The highest BCUT2D eigenvalue weighted by Crippen LogP contribution is 2.32. The molecule has 7 nitrogen and oxygen atoms in total.